The second-order valence-electron chi connectivity index (χ2n) is 4.16. The molecule has 104 valence electrons. The van der Waals surface area contributed by atoms with Crippen LogP contribution in [0.4, 0.5) is 5.69 Å². The first kappa shape index (κ1) is 15.5. The number of rotatable bonds is 8. The molecule has 0 aliphatic rings. The topological polar surface area (TPSA) is 54.3 Å². The van der Waals surface area contributed by atoms with Gasteiger partial charge < -0.3 is 14.8 Å². The van der Waals surface area contributed by atoms with Crippen LogP contribution in [-0.2, 0) is 9.47 Å². The number of aryl methyl sites for hydroxylation is 1. The SMILES string of the molecule is CCOC(CCNc1cccc(C)c1C#N)OCC. The maximum atomic E-state index is 9.14. The van der Waals surface area contributed by atoms with E-state index in [4.69, 9.17) is 14.7 Å². The second kappa shape index (κ2) is 8.52. The quantitative estimate of drug-likeness (QED) is 0.731. The van der Waals surface area contributed by atoms with Gasteiger partial charge in [0, 0.05) is 26.2 Å². The molecule has 1 rings (SSSR count). The van der Waals surface area contributed by atoms with Gasteiger partial charge in [-0.2, -0.15) is 5.26 Å². The van der Waals surface area contributed by atoms with Crippen LogP contribution in [0.3, 0.4) is 0 Å². The van der Waals surface area contributed by atoms with Gasteiger partial charge in [0.1, 0.15) is 6.07 Å². The summed E-state index contributed by atoms with van der Waals surface area (Å²) in [4.78, 5) is 0. The fourth-order valence-electron chi connectivity index (χ4n) is 1.87. The van der Waals surface area contributed by atoms with Gasteiger partial charge in [-0.15, -0.1) is 0 Å². The molecule has 4 nitrogen and oxygen atoms in total. The van der Waals surface area contributed by atoms with Crippen LogP contribution in [0.5, 0.6) is 0 Å². The van der Waals surface area contributed by atoms with Crippen LogP contribution in [-0.4, -0.2) is 26.0 Å². The number of hydrogen-bond donors (Lipinski definition) is 1. The summed E-state index contributed by atoms with van der Waals surface area (Å²) < 4.78 is 10.9. The summed E-state index contributed by atoms with van der Waals surface area (Å²) in [5.41, 5.74) is 2.56. The van der Waals surface area contributed by atoms with Crippen LogP contribution in [0.25, 0.3) is 0 Å². The number of hydrogen-bond acceptors (Lipinski definition) is 4. The summed E-state index contributed by atoms with van der Waals surface area (Å²) in [6.07, 6.45) is 0.568. The molecule has 1 aromatic rings. The zero-order valence-electron chi connectivity index (χ0n) is 11.9. The predicted octanol–water partition coefficient (Wildman–Crippen LogP) is 3.07. The van der Waals surface area contributed by atoms with Crippen molar-refractivity contribution in [1.82, 2.24) is 0 Å². The summed E-state index contributed by atoms with van der Waals surface area (Å²) in [7, 11) is 0. The highest BCUT2D eigenvalue weighted by Gasteiger charge is 2.09. The van der Waals surface area contributed by atoms with Crippen LogP contribution in [0.2, 0.25) is 0 Å². The first-order valence-corrected chi connectivity index (χ1v) is 6.69. The Morgan fingerprint density at radius 1 is 1.26 bits per heavy atom. The lowest BCUT2D eigenvalue weighted by atomic mass is 10.1. The molecular weight excluding hydrogens is 240 g/mol. The number of benzene rings is 1. The van der Waals surface area contributed by atoms with Crippen LogP contribution in [0.1, 0.15) is 31.4 Å². The Hall–Kier alpha value is -1.57. The Kier molecular flexibility index (Phi) is 6.94. The summed E-state index contributed by atoms with van der Waals surface area (Å²) in [5.74, 6) is 0. The summed E-state index contributed by atoms with van der Waals surface area (Å²) in [6.45, 7) is 7.83. The lowest BCUT2D eigenvalue weighted by Gasteiger charge is -2.17. The van der Waals surface area contributed by atoms with Crippen molar-refractivity contribution < 1.29 is 9.47 Å². The van der Waals surface area contributed by atoms with Gasteiger partial charge >= 0.3 is 0 Å². The molecule has 1 aromatic carbocycles. The molecule has 1 N–H and O–H groups in total. The molecule has 0 fully saturated rings. The fourth-order valence-corrected chi connectivity index (χ4v) is 1.87. The molecule has 0 saturated heterocycles. The zero-order valence-corrected chi connectivity index (χ0v) is 11.9. The number of nitrogens with one attached hydrogen (secondary N) is 1. The van der Waals surface area contributed by atoms with E-state index in [1.165, 1.54) is 0 Å². The van der Waals surface area contributed by atoms with Crippen molar-refractivity contribution in [2.75, 3.05) is 25.1 Å². The van der Waals surface area contributed by atoms with Crippen LogP contribution < -0.4 is 5.32 Å². The van der Waals surface area contributed by atoms with Crippen molar-refractivity contribution in [1.29, 1.82) is 5.26 Å². The van der Waals surface area contributed by atoms with E-state index < -0.39 is 0 Å². The molecule has 0 aliphatic carbocycles. The number of ether oxygens (including phenoxy) is 2. The lowest BCUT2D eigenvalue weighted by Crippen LogP contribution is -2.21. The fraction of sp³-hybridized carbons (Fsp3) is 0.533. The Balaban J connectivity index is 2.53. The highest BCUT2D eigenvalue weighted by Crippen LogP contribution is 2.18. The summed E-state index contributed by atoms with van der Waals surface area (Å²) in [5, 5.41) is 12.4. The Labute approximate surface area is 115 Å². The number of nitrogens with zero attached hydrogens (tertiary/aromatic N) is 1. The Morgan fingerprint density at radius 2 is 1.95 bits per heavy atom. The van der Waals surface area contributed by atoms with Gasteiger partial charge in [0.05, 0.1) is 11.3 Å². The molecular formula is C15H22N2O2. The largest absolute Gasteiger partial charge is 0.384 e. The normalized spacial score (nSPS) is 10.5. The molecule has 0 saturated carbocycles. The van der Waals surface area contributed by atoms with Gasteiger partial charge in [-0.3, -0.25) is 0 Å². The molecule has 0 unspecified atom stereocenters. The molecule has 19 heavy (non-hydrogen) atoms. The average Bonchev–Trinajstić information content (AvgIpc) is 2.39. The van der Waals surface area contributed by atoms with Crippen molar-refractivity contribution in [3.8, 4) is 6.07 Å². The van der Waals surface area contributed by atoms with Gasteiger partial charge in [0.25, 0.3) is 0 Å². The molecule has 0 bridgehead atoms. The number of nitriles is 1. The van der Waals surface area contributed by atoms with Crippen molar-refractivity contribution in [2.45, 2.75) is 33.5 Å². The van der Waals surface area contributed by atoms with Gasteiger partial charge in [0.2, 0.25) is 0 Å². The summed E-state index contributed by atoms with van der Waals surface area (Å²) in [6, 6.07) is 8.03. The molecule has 0 atom stereocenters. The average molecular weight is 262 g/mol. The zero-order chi connectivity index (χ0) is 14.1. The molecule has 0 heterocycles. The van der Waals surface area contributed by atoms with E-state index in [-0.39, 0.29) is 6.29 Å². The van der Waals surface area contributed by atoms with Crippen LogP contribution >= 0.6 is 0 Å². The molecule has 0 amide bonds. The first-order valence-electron chi connectivity index (χ1n) is 6.69. The number of anilines is 1. The third-order valence-electron chi connectivity index (χ3n) is 2.79. The molecule has 0 aliphatic heterocycles. The molecule has 0 spiro atoms. The smallest absolute Gasteiger partial charge is 0.159 e. The first-order chi connectivity index (χ1) is 9.22. The summed E-state index contributed by atoms with van der Waals surface area (Å²) >= 11 is 0. The molecule has 4 heteroatoms. The lowest BCUT2D eigenvalue weighted by molar-refractivity contribution is -0.137. The van der Waals surface area contributed by atoms with Gasteiger partial charge in [-0.25, -0.2) is 0 Å². The van der Waals surface area contributed by atoms with Crippen LogP contribution in [0.15, 0.2) is 18.2 Å². The standard InChI is InChI=1S/C15H22N2O2/c1-4-18-15(19-5-2)9-10-17-14-8-6-7-12(3)13(14)11-16/h6-8,15,17H,4-5,9-10H2,1-3H3. The third-order valence-corrected chi connectivity index (χ3v) is 2.79. The van der Waals surface area contributed by atoms with E-state index in [9.17, 15) is 0 Å². The highest BCUT2D eigenvalue weighted by molar-refractivity contribution is 5.60. The van der Waals surface area contributed by atoms with Gasteiger partial charge in [-0.05, 0) is 32.4 Å². The van der Waals surface area contributed by atoms with E-state index in [1.54, 1.807) is 0 Å². The maximum absolute atomic E-state index is 9.14. The van der Waals surface area contributed by atoms with Gasteiger partial charge in [-0.1, -0.05) is 12.1 Å². The van der Waals surface area contributed by atoms with Crippen molar-refractivity contribution in [2.24, 2.45) is 0 Å². The highest BCUT2D eigenvalue weighted by atomic mass is 16.7. The van der Waals surface area contributed by atoms with Crippen molar-refractivity contribution in [3.63, 3.8) is 0 Å². The van der Waals surface area contributed by atoms with E-state index in [2.05, 4.69) is 11.4 Å². The van der Waals surface area contributed by atoms with Crippen molar-refractivity contribution in [3.05, 3.63) is 29.3 Å². The third kappa shape index (κ3) is 4.90. The Morgan fingerprint density at radius 3 is 2.53 bits per heavy atom. The van der Waals surface area contributed by atoms with E-state index in [1.807, 2.05) is 39.0 Å². The molecule has 0 radical (unpaired) electrons. The van der Waals surface area contributed by atoms with Crippen molar-refractivity contribution >= 4 is 5.69 Å². The molecule has 0 aromatic heterocycles. The minimum atomic E-state index is -0.183. The minimum Gasteiger partial charge on any atom is -0.384 e. The van der Waals surface area contributed by atoms with E-state index in [0.717, 1.165) is 17.7 Å². The van der Waals surface area contributed by atoms with Crippen LogP contribution in [0, 0.1) is 18.3 Å². The minimum absolute atomic E-state index is 0.183. The Bertz CT molecular complexity index is 421. The van der Waals surface area contributed by atoms with E-state index in [0.29, 0.717) is 25.3 Å². The van der Waals surface area contributed by atoms with E-state index >= 15 is 0 Å². The monoisotopic (exact) mass is 262 g/mol. The predicted molar refractivity (Wildman–Crippen MR) is 76.0 cm³/mol. The maximum Gasteiger partial charge on any atom is 0.159 e. The second-order valence-corrected chi connectivity index (χ2v) is 4.16. The van der Waals surface area contributed by atoms with Gasteiger partial charge in [0.15, 0.2) is 6.29 Å².